The quantitative estimate of drug-likeness (QED) is 0.322. The van der Waals surface area contributed by atoms with Crippen LogP contribution in [0.15, 0.2) is 53.7 Å². The molecule has 2 N–H and O–H groups in total. The number of carbonyl (C=O) groups is 2. The molecule has 182 valence electrons. The molecule has 1 aromatic heterocycles. The molecule has 0 fully saturated rings. The lowest BCUT2D eigenvalue weighted by Gasteiger charge is -2.18. The number of aromatic nitrogens is 1. The molecule has 2 amide bonds. The predicted octanol–water partition coefficient (Wildman–Crippen LogP) is 5.49. The number of ether oxygens (including phenoxy) is 1. The average molecular weight is 535 g/mol. The van der Waals surface area contributed by atoms with Gasteiger partial charge in [-0.3, -0.25) is 14.6 Å². The number of halogens is 3. The lowest BCUT2D eigenvalue weighted by molar-refractivity contribution is 0.102. The van der Waals surface area contributed by atoms with E-state index in [1.807, 2.05) is 19.0 Å². The van der Waals surface area contributed by atoms with Crippen molar-refractivity contribution in [1.29, 1.82) is 0 Å². The Kier molecular flexibility index (Phi) is 8.56. The van der Waals surface area contributed by atoms with Gasteiger partial charge in [-0.05, 0) is 30.3 Å². The fraction of sp³-hybridized carbons (Fsp3) is 0.167. The summed E-state index contributed by atoms with van der Waals surface area (Å²) in [6.07, 6.45) is 1.40. The van der Waals surface area contributed by atoms with E-state index in [-0.39, 0.29) is 38.4 Å². The standard InChI is InChI=1S/C24H22Cl3N5O3/c1-28-22(32(2)3)13-5-7-16(18(27)9-13)23(33)31-21-17(10-15(26)11-19(21)35-4)24(34)30-20-8-6-14(25)12-29-20/h5-12H,1-4H3,(H,31,33)(H,29,30,34)/b28-22-. The number of nitrogens with zero attached hydrogens (tertiary/aromatic N) is 3. The molecule has 0 radical (unpaired) electrons. The Morgan fingerprint density at radius 2 is 1.66 bits per heavy atom. The molecule has 8 nitrogen and oxygen atoms in total. The zero-order chi connectivity index (χ0) is 25.7. The molecule has 0 aliphatic carbocycles. The number of anilines is 2. The van der Waals surface area contributed by atoms with Gasteiger partial charge in [-0.2, -0.15) is 0 Å². The number of amidine groups is 1. The van der Waals surface area contributed by atoms with Crippen LogP contribution in [0.3, 0.4) is 0 Å². The van der Waals surface area contributed by atoms with Crippen LogP contribution in [-0.4, -0.2) is 55.8 Å². The van der Waals surface area contributed by atoms with Crippen molar-refractivity contribution in [3.05, 3.63) is 80.4 Å². The van der Waals surface area contributed by atoms with Gasteiger partial charge in [0, 0.05) is 44.0 Å². The van der Waals surface area contributed by atoms with Crippen LogP contribution in [0.2, 0.25) is 15.1 Å². The molecular formula is C24H22Cl3N5O3. The van der Waals surface area contributed by atoms with Gasteiger partial charge in [-0.15, -0.1) is 0 Å². The molecule has 0 saturated heterocycles. The highest BCUT2D eigenvalue weighted by molar-refractivity contribution is 6.35. The van der Waals surface area contributed by atoms with Crippen LogP contribution in [0.5, 0.6) is 5.75 Å². The Morgan fingerprint density at radius 1 is 0.943 bits per heavy atom. The number of aliphatic imine (C=N–C) groups is 1. The van der Waals surface area contributed by atoms with Crippen LogP contribution in [0, 0.1) is 0 Å². The largest absolute Gasteiger partial charge is 0.494 e. The van der Waals surface area contributed by atoms with Gasteiger partial charge in [0.2, 0.25) is 0 Å². The Labute approximate surface area is 217 Å². The van der Waals surface area contributed by atoms with Gasteiger partial charge in [-0.25, -0.2) is 4.98 Å². The van der Waals surface area contributed by atoms with Gasteiger partial charge in [-0.1, -0.05) is 40.9 Å². The third kappa shape index (κ3) is 6.22. The van der Waals surface area contributed by atoms with Crippen molar-refractivity contribution >= 4 is 64.0 Å². The average Bonchev–Trinajstić information content (AvgIpc) is 2.81. The van der Waals surface area contributed by atoms with E-state index >= 15 is 0 Å². The fourth-order valence-corrected chi connectivity index (χ4v) is 3.88. The highest BCUT2D eigenvalue weighted by Crippen LogP contribution is 2.34. The van der Waals surface area contributed by atoms with Crippen molar-refractivity contribution in [2.75, 3.05) is 38.9 Å². The fourth-order valence-electron chi connectivity index (χ4n) is 3.29. The summed E-state index contributed by atoms with van der Waals surface area (Å²) in [6.45, 7) is 0. The molecule has 0 saturated carbocycles. The zero-order valence-electron chi connectivity index (χ0n) is 19.3. The third-order valence-electron chi connectivity index (χ3n) is 4.85. The molecule has 0 atom stereocenters. The smallest absolute Gasteiger partial charge is 0.259 e. The topological polar surface area (TPSA) is 95.9 Å². The Balaban J connectivity index is 1.95. The maximum atomic E-state index is 13.2. The van der Waals surface area contributed by atoms with Gasteiger partial charge in [0.1, 0.15) is 17.4 Å². The van der Waals surface area contributed by atoms with Crippen molar-refractivity contribution < 1.29 is 14.3 Å². The summed E-state index contributed by atoms with van der Waals surface area (Å²) in [5.41, 5.74) is 1.14. The second-order valence-electron chi connectivity index (χ2n) is 7.44. The number of nitrogens with one attached hydrogen (secondary N) is 2. The number of pyridine rings is 1. The second-order valence-corrected chi connectivity index (χ2v) is 8.72. The molecule has 3 aromatic rings. The first-order valence-corrected chi connectivity index (χ1v) is 11.3. The molecule has 2 aromatic carbocycles. The first-order valence-electron chi connectivity index (χ1n) is 10.2. The number of methoxy groups -OCH3 is 1. The van der Waals surface area contributed by atoms with E-state index in [9.17, 15) is 9.59 Å². The lowest BCUT2D eigenvalue weighted by atomic mass is 10.1. The molecule has 0 spiro atoms. The van der Waals surface area contributed by atoms with Crippen LogP contribution >= 0.6 is 34.8 Å². The summed E-state index contributed by atoms with van der Waals surface area (Å²) in [4.78, 5) is 36.3. The SMILES string of the molecule is C/N=C(/c1ccc(C(=O)Nc2c(OC)cc(Cl)cc2C(=O)Nc2ccc(Cl)cn2)c(Cl)c1)N(C)C. The first-order chi connectivity index (χ1) is 16.6. The van der Waals surface area contributed by atoms with Crippen molar-refractivity contribution in [3.8, 4) is 5.75 Å². The minimum atomic E-state index is -0.563. The van der Waals surface area contributed by atoms with E-state index in [1.165, 1.54) is 25.4 Å². The highest BCUT2D eigenvalue weighted by Gasteiger charge is 2.22. The van der Waals surface area contributed by atoms with E-state index in [4.69, 9.17) is 39.5 Å². The zero-order valence-corrected chi connectivity index (χ0v) is 21.6. The molecule has 0 aliphatic heterocycles. The van der Waals surface area contributed by atoms with E-state index in [0.29, 0.717) is 10.9 Å². The number of carbonyl (C=O) groups excluding carboxylic acids is 2. The van der Waals surface area contributed by atoms with E-state index in [1.54, 1.807) is 37.4 Å². The van der Waals surface area contributed by atoms with Crippen molar-refractivity contribution in [3.63, 3.8) is 0 Å². The molecule has 35 heavy (non-hydrogen) atoms. The van der Waals surface area contributed by atoms with Crippen molar-refractivity contribution in [2.24, 2.45) is 4.99 Å². The lowest BCUT2D eigenvalue weighted by Crippen LogP contribution is -2.23. The van der Waals surface area contributed by atoms with Gasteiger partial charge < -0.3 is 20.3 Å². The summed E-state index contributed by atoms with van der Waals surface area (Å²) in [5.74, 6) is 0.0604. The normalized spacial score (nSPS) is 11.1. The maximum Gasteiger partial charge on any atom is 0.259 e. The first kappa shape index (κ1) is 26.3. The number of amides is 2. The van der Waals surface area contributed by atoms with E-state index < -0.39 is 11.8 Å². The molecule has 0 bridgehead atoms. The Bertz CT molecular complexity index is 1290. The maximum absolute atomic E-state index is 13.2. The van der Waals surface area contributed by atoms with Crippen LogP contribution in [-0.2, 0) is 0 Å². The summed E-state index contributed by atoms with van der Waals surface area (Å²) >= 11 is 18.5. The minimum absolute atomic E-state index is 0.0696. The molecule has 11 heteroatoms. The summed E-state index contributed by atoms with van der Waals surface area (Å²) < 4.78 is 5.37. The highest BCUT2D eigenvalue weighted by atomic mass is 35.5. The predicted molar refractivity (Wildman–Crippen MR) is 141 cm³/mol. The third-order valence-corrected chi connectivity index (χ3v) is 5.60. The van der Waals surface area contributed by atoms with Gasteiger partial charge in [0.05, 0.1) is 34.0 Å². The minimum Gasteiger partial charge on any atom is -0.494 e. The van der Waals surface area contributed by atoms with Crippen LogP contribution in [0.25, 0.3) is 0 Å². The van der Waals surface area contributed by atoms with E-state index in [2.05, 4.69) is 20.6 Å². The van der Waals surface area contributed by atoms with Crippen molar-refractivity contribution in [2.45, 2.75) is 0 Å². The number of hydrogen-bond acceptors (Lipinski definition) is 5. The van der Waals surface area contributed by atoms with E-state index in [0.717, 1.165) is 5.56 Å². The summed E-state index contributed by atoms with van der Waals surface area (Å²) in [5, 5.41) is 6.25. The second kappa shape index (κ2) is 11.4. The number of hydrogen-bond donors (Lipinski definition) is 2. The van der Waals surface area contributed by atoms with Crippen molar-refractivity contribution in [1.82, 2.24) is 9.88 Å². The molecule has 0 aliphatic rings. The summed E-state index contributed by atoms with van der Waals surface area (Å²) in [6, 6.07) is 11.0. The molecule has 0 unspecified atom stereocenters. The monoisotopic (exact) mass is 533 g/mol. The number of benzene rings is 2. The van der Waals surface area contributed by atoms with Gasteiger partial charge in [0.15, 0.2) is 0 Å². The van der Waals surface area contributed by atoms with Crippen LogP contribution in [0.1, 0.15) is 26.3 Å². The molecule has 1 heterocycles. The van der Waals surface area contributed by atoms with Crippen LogP contribution in [0.4, 0.5) is 11.5 Å². The number of rotatable bonds is 6. The van der Waals surface area contributed by atoms with Crippen LogP contribution < -0.4 is 15.4 Å². The molecular weight excluding hydrogens is 513 g/mol. The van der Waals surface area contributed by atoms with Gasteiger partial charge in [0.25, 0.3) is 11.8 Å². The summed E-state index contributed by atoms with van der Waals surface area (Å²) in [7, 11) is 6.78. The Morgan fingerprint density at radius 3 is 2.23 bits per heavy atom. The van der Waals surface area contributed by atoms with Gasteiger partial charge >= 0.3 is 0 Å². The molecule has 3 rings (SSSR count). The Hall–Kier alpha value is -3.33.